The zero-order valence-corrected chi connectivity index (χ0v) is 21.1. The number of aryl methyl sites for hydroxylation is 1. The Morgan fingerprint density at radius 2 is 1.74 bits per heavy atom. The van der Waals surface area contributed by atoms with Crippen LogP contribution in [-0.2, 0) is 0 Å². The van der Waals surface area contributed by atoms with E-state index in [1.165, 1.54) is 0 Å². The lowest BCUT2D eigenvalue weighted by molar-refractivity contribution is 0.0744. The van der Waals surface area contributed by atoms with Gasteiger partial charge in [0.2, 0.25) is 5.43 Å². The van der Waals surface area contributed by atoms with E-state index in [1.807, 2.05) is 29.7 Å². The molecule has 2 aromatic heterocycles. The van der Waals surface area contributed by atoms with Crippen molar-refractivity contribution in [3.05, 3.63) is 57.6 Å². The summed E-state index contributed by atoms with van der Waals surface area (Å²) in [6, 6.07) is 6.14. The number of carbonyl (C=O) groups is 2. The molecule has 2 aliphatic rings. The Hall–Kier alpha value is -3.16. The fraction of sp³-hybridized carbons (Fsp3) is 0.556. The number of rotatable bonds is 7. The highest BCUT2D eigenvalue weighted by Gasteiger charge is 2.28. The minimum Gasteiger partial charge on any atom is -0.353 e. The summed E-state index contributed by atoms with van der Waals surface area (Å²) in [6.45, 7) is 8.95. The molecule has 0 atom stereocenters. The molecule has 8 nitrogen and oxygen atoms in total. The molecule has 0 radical (unpaired) electrons. The number of anilines is 1. The first-order chi connectivity index (χ1) is 16.8. The first-order valence-electron chi connectivity index (χ1n) is 12.9. The zero-order valence-electron chi connectivity index (χ0n) is 21.1. The third-order valence-electron chi connectivity index (χ3n) is 7.04. The Bertz CT molecular complexity index is 1110. The first kappa shape index (κ1) is 24.9. The van der Waals surface area contributed by atoms with Crippen LogP contribution in [0.4, 0.5) is 5.82 Å². The second kappa shape index (κ2) is 11.1. The Morgan fingerprint density at radius 1 is 1.06 bits per heavy atom. The van der Waals surface area contributed by atoms with E-state index in [2.05, 4.69) is 29.0 Å². The van der Waals surface area contributed by atoms with Crippen LogP contribution >= 0.6 is 0 Å². The van der Waals surface area contributed by atoms with Gasteiger partial charge in [-0.15, -0.1) is 0 Å². The minimum atomic E-state index is -0.478. The molecular formula is C27H37N5O3. The second-order valence-electron chi connectivity index (χ2n) is 10.2. The Labute approximate surface area is 207 Å². The van der Waals surface area contributed by atoms with Crippen LogP contribution in [0.25, 0.3) is 0 Å². The number of hydrogen-bond acceptors (Lipinski definition) is 5. The van der Waals surface area contributed by atoms with Crippen LogP contribution < -0.4 is 15.6 Å². The maximum absolute atomic E-state index is 13.5. The first-order valence-corrected chi connectivity index (χ1v) is 12.9. The third-order valence-corrected chi connectivity index (χ3v) is 7.04. The SMILES string of the molecule is Cc1cccc(N2CCN(C(=O)c3cn(C4CCCC4)cc(C(=O)NCCC(C)C)c3=O)CC2)n1. The van der Waals surface area contributed by atoms with E-state index in [0.29, 0.717) is 38.6 Å². The molecule has 1 aliphatic carbocycles. The van der Waals surface area contributed by atoms with Gasteiger partial charge in [0.25, 0.3) is 11.8 Å². The lowest BCUT2D eigenvalue weighted by atomic mass is 10.1. The average molecular weight is 480 g/mol. The Morgan fingerprint density at radius 3 is 2.40 bits per heavy atom. The summed E-state index contributed by atoms with van der Waals surface area (Å²) in [5.41, 5.74) is 0.635. The van der Waals surface area contributed by atoms with Crippen LogP contribution in [0.2, 0.25) is 0 Å². The molecule has 0 bridgehead atoms. The van der Waals surface area contributed by atoms with Crippen LogP contribution in [0.1, 0.15) is 78.4 Å². The van der Waals surface area contributed by atoms with Crippen LogP contribution in [-0.4, -0.2) is 59.0 Å². The van der Waals surface area contributed by atoms with Crippen LogP contribution in [0.3, 0.4) is 0 Å². The number of amides is 2. The summed E-state index contributed by atoms with van der Waals surface area (Å²) in [5, 5.41) is 2.87. The molecule has 1 saturated heterocycles. The smallest absolute Gasteiger partial charge is 0.259 e. The summed E-state index contributed by atoms with van der Waals surface area (Å²) >= 11 is 0. The molecule has 0 unspecified atom stereocenters. The van der Waals surface area contributed by atoms with Gasteiger partial charge in [0, 0.05) is 56.9 Å². The molecule has 4 rings (SSSR count). The maximum Gasteiger partial charge on any atom is 0.259 e. The van der Waals surface area contributed by atoms with Crippen molar-refractivity contribution in [2.24, 2.45) is 5.92 Å². The van der Waals surface area contributed by atoms with Crippen molar-refractivity contribution < 1.29 is 9.59 Å². The Kier molecular flexibility index (Phi) is 7.88. The predicted molar refractivity (Wildman–Crippen MR) is 137 cm³/mol. The number of nitrogens with zero attached hydrogens (tertiary/aromatic N) is 4. The van der Waals surface area contributed by atoms with Crippen molar-refractivity contribution in [1.82, 2.24) is 19.8 Å². The predicted octanol–water partition coefficient (Wildman–Crippen LogP) is 3.41. The number of carbonyl (C=O) groups excluding carboxylic acids is 2. The molecule has 188 valence electrons. The fourth-order valence-corrected chi connectivity index (χ4v) is 4.91. The molecule has 0 aromatic carbocycles. The van der Waals surface area contributed by atoms with Gasteiger partial charge in [-0.25, -0.2) is 4.98 Å². The monoisotopic (exact) mass is 479 g/mol. The van der Waals surface area contributed by atoms with Crippen molar-refractivity contribution in [2.45, 2.75) is 58.9 Å². The number of aromatic nitrogens is 2. The maximum atomic E-state index is 13.5. The van der Waals surface area contributed by atoms with E-state index in [-0.39, 0.29) is 23.1 Å². The third kappa shape index (κ3) is 5.92. The average Bonchev–Trinajstić information content (AvgIpc) is 3.39. The standard InChI is InChI=1S/C27H37N5O3/c1-19(2)11-12-28-26(34)22-17-32(21-8-4-5-9-21)18-23(25(22)33)27(35)31-15-13-30(14-16-31)24-10-6-7-20(3)29-24/h6-7,10,17-19,21H,4-5,8-9,11-16H2,1-3H3,(H,28,34). The summed E-state index contributed by atoms with van der Waals surface area (Å²) in [6.07, 6.45) is 8.39. The van der Waals surface area contributed by atoms with Crippen molar-refractivity contribution >= 4 is 17.6 Å². The minimum absolute atomic E-state index is 0.0640. The van der Waals surface area contributed by atoms with E-state index in [0.717, 1.165) is 43.6 Å². The quantitative estimate of drug-likeness (QED) is 0.658. The van der Waals surface area contributed by atoms with Gasteiger partial charge >= 0.3 is 0 Å². The second-order valence-corrected chi connectivity index (χ2v) is 10.2. The van der Waals surface area contributed by atoms with Crippen molar-refractivity contribution in [3.63, 3.8) is 0 Å². The van der Waals surface area contributed by atoms with Crippen LogP contribution in [0.5, 0.6) is 0 Å². The van der Waals surface area contributed by atoms with Gasteiger partial charge in [-0.1, -0.05) is 32.8 Å². The topological polar surface area (TPSA) is 87.5 Å². The van der Waals surface area contributed by atoms with Gasteiger partial charge in [-0.05, 0) is 44.2 Å². The molecule has 2 fully saturated rings. The summed E-state index contributed by atoms with van der Waals surface area (Å²) in [4.78, 5) is 48.2. The molecule has 0 spiro atoms. The summed E-state index contributed by atoms with van der Waals surface area (Å²) in [7, 11) is 0. The molecule has 3 heterocycles. The van der Waals surface area contributed by atoms with Gasteiger partial charge < -0.3 is 19.7 Å². The molecule has 8 heteroatoms. The van der Waals surface area contributed by atoms with Crippen LogP contribution in [0, 0.1) is 12.8 Å². The van der Waals surface area contributed by atoms with Crippen molar-refractivity contribution in [1.29, 1.82) is 0 Å². The highest BCUT2D eigenvalue weighted by Crippen LogP contribution is 2.29. The van der Waals surface area contributed by atoms with E-state index < -0.39 is 11.3 Å². The van der Waals surface area contributed by atoms with Gasteiger partial charge in [-0.3, -0.25) is 14.4 Å². The van der Waals surface area contributed by atoms with Gasteiger partial charge in [-0.2, -0.15) is 0 Å². The van der Waals surface area contributed by atoms with Crippen molar-refractivity contribution in [2.75, 3.05) is 37.6 Å². The van der Waals surface area contributed by atoms with Crippen molar-refractivity contribution in [3.8, 4) is 0 Å². The number of pyridine rings is 2. The number of piperazine rings is 1. The molecule has 2 aromatic rings. The molecular weight excluding hydrogens is 442 g/mol. The molecule has 1 N–H and O–H groups in total. The molecule has 2 amide bonds. The van der Waals surface area contributed by atoms with Gasteiger partial charge in [0.15, 0.2) is 0 Å². The van der Waals surface area contributed by atoms with E-state index in [4.69, 9.17) is 0 Å². The molecule has 1 aliphatic heterocycles. The van der Waals surface area contributed by atoms with Gasteiger partial charge in [0.05, 0.1) is 0 Å². The Balaban J connectivity index is 1.54. The van der Waals surface area contributed by atoms with E-state index >= 15 is 0 Å². The van der Waals surface area contributed by atoms with E-state index in [1.54, 1.807) is 17.3 Å². The zero-order chi connectivity index (χ0) is 24.9. The summed E-state index contributed by atoms with van der Waals surface area (Å²) < 4.78 is 1.94. The number of hydrogen-bond donors (Lipinski definition) is 1. The molecule has 1 saturated carbocycles. The molecule has 35 heavy (non-hydrogen) atoms. The van der Waals surface area contributed by atoms with Crippen LogP contribution in [0.15, 0.2) is 35.4 Å². The largest absolute Gasteiger partial charge is 0.353 e. The van der Waals surface area contributed by atoms with Gasteiger partial charge in [0.1, 0.15) is 16.9 Å². The normalized spacial score (nSPS) is 16.7. The highest BCUT2D eigenvalue weighted by atomic mass is 16.2. The lowest BCUT2D eigenvalue weighted by Crippen LogP contribution is -2.50. The summed E-state index contributed by atoms with van der Waals surface area (Å²) in [5.74, 6) is 0.663. The highest BCUT2D eigenvalue weighted by molar-refractivity contribution is 5.99. The fourth-order valence-electron chi connectivity index (χ4n) is 4.91. The number of nitrogens with one attached hydrogen (secondary N) is 1. The van der Waals surface area contributed by atoms with E-state index in [9.17, 15) is 14.4 Å². The lowest BCUT2D eigenvalue weighted by Gasteiger charge is -2.35.